The van der Waals surface area contributed by atoms with Gasteiger partial charge in [-0.3, -0.25) is 0 Å². The maximum atomic E-state index is 5.34. The number of benzene rings is 1. The summed E-state index contributed by atoms with van der Waals surface area (Å²) in [5.41, 5.74) is 0.887. The summed E-state index contributed by atoms with van der Waals surface area (Å²) in [6.45, 7) is 1.90. The van der Waals surface area contributed by atoms with Crippen molar-refractivity contribution in [3.8, 4) is 11.5 Å². The minimum atomic E-state index is 0.522. The lowest BCUT2D eigenvalue weighted by Crippen LogP contribution is -2.16. The quantitative estimate of drug-likeness (QED) is 0.838. The van der Waals surface area contributed by atoms with Crippen LogP contribution in [0.3, 0.4) is 0 Å². The smallest absolute Gasteiger partial charge is 0.162 e. The third-order valence-corrected chi connectivity index (χ3v) is 4.20. The average molecular weight is 328 g/mol. The molecule has 0 saturated heterocycles. The Morgan fingerprint density at radius 1 is 0.958 bits per heavy atom. The zero-order valence-corrected chi connectivity index (χ0v) is 14.4. The molecule has 24 heavy (non-hydrogen) atoms. The van der Waals surface area contributed by atoms with Crippen LogP contribution in [0.2, 0.25) is 0 Å². The van der Waals surface area contributed by atoms with Crippen LogP contribution < -0.4 is 20.1 Å². The van der Waals surface area contributed by atoms with Crippen LogP contribution in [-0.4, -0.2) is 30.2 Å². The minimum Gasteiger partial charge on any atom is -0.493 e. The Labute approximate surface area is 142 Å². The van der Waals surface area contributed by atoms with Gasteiger partial charge in [0.1, 0.15) is 17.5 Å². The van der Waals surface area contributed by atoms with Gasteiger partial charge in [-0.2, -0.15) is 0 Å². The normalized spacial score (nSPS) is 14.5. The highest BCUT2D eigenvalue weighted by Crippen LogP contribution is 2.31. The zero-order chi connectivity index (χ0) is 16.9. The lowest BCUT2D eigenvalue weighted by atomic mass is 10.2. The number of aryl methyl sites for hydroxylation is 1. The lowest BCUT2D eigenvalue weighted by molar-refractivity contribution is 0.355. The van der Waals surface area contributed by atoms with Crippen molar-refractivity contribution in [1.29, 1.82) is 0 Å². The Morgan fingerprint density at radius 3 is 2.38 bits per heavy atom. The van der Waals surface area contributed by atoms with Crippen LogP contribution in [0.4, 0.5) is 17.3 Å². The number of rotatable bonds is 6. The first-order chi connectivity index (χ1) is 11.7. The molecule has 1 aliphatic carbocycles. The van der Waals surface area contributed by atoms with Crippen LogP contribution in [0, 0.1) is 6.92 Å². The van der Waals surface area contributed by atoms with E-state index < -0.39 is 0 Å². The fourth-order valence-corrected chi connectivity index (χ4v) is 3.05. The Hall–Kier alpha value is -2.50. The summed E-state index contributed by atoms with van der Waals surface area (Å²) >= 11 is 0. The maximum Gasteiger partial charge on any atom is 0.162 e. The van der Waals surface area contributed by atoms with Crippen LogP contribution in [0.15, 0.2) is 24.3 Å². The van der Waals surface area contributed by atoms with Gasteiger partial charge in [0.25, 0.3) is 0 Å². The molecule has 0 bridgehead atoms. The third-order valence-electron chi connectivity index (χ3n) is 4.20. The second-order valence-corrected chi connectivity index (χ2v) is 6.01. The molecule has 128 valence electrons. The molecular formula is C18H24N4O2. The van der Waals surface area contributed by atoms with E-state index in [4.69, 9.17) is 9.47 Å². The van der Waals surface area contributed by atoms with Crippen molar-refractivity contribution >= 4 is 17.3 Å². The van der Waals surface area contributed by atoms with Gasteiger partial charge in [-0.15, -0.1) is 0 Å². The average Bonchev–Trinajstić information content (AvgIpc) is 3.07. The summed E-state index contributed by atoms with van der Waals surface area (Å²) in [6.07, 6.45) is 5.00. The van der Waals surface area contributed by atoms with Crippen molar-refractivity contribution in [2.24, 2.45) is 0 Å². The Bertz CT molecular complexity index is 699. The molecule has 0 spiro atoms. The van der Waals surface area contributed by atoms with Crippen LogP contribution in [0.1, 0.15) is 31.5 Å². The molecule has 1 heterocycles. The fraction of sp³-hybridized carbons (Fsp3) is 0.444. The van der Waals surface area contributed by atoms with E-state index >= 15 is 0 Å². The minimum absolute atomic E-state index is 0.522. The molecule has 1 aromatic carbocycles. The van der Waals surface area contributed by atoms with Gasteiger partial charge in [0.05, 0.1) is 14.2 Å². The molecule has 1 saturated carbocycles. The van der Waals surface area contributed by atoms with Crippen LogP contribution in [-0.2, 0) is 0 Å². The second-order valence-electron chi connectivity index (χ2n) is 6.01. The number of nitrogens with zero attached hydrogens (tertiary/aromatic N) is 2. The molecule has 2 N–H and O–H groups in total. The van der Waals surface area contributed by atoms with Gasteiger partial charge in [0.2, 0.25) is 0 Å². The molecule has 2 aromatic rings. The van der Waals surface area contributed by atoms with Crippen LogP contribution in [0.25, 0.3) is 0 Å². The second kappa shape index (κ2) is 7.38. The number of hydrogen-bond donors (Lipinski definition) is 2. The summed E-state index contributed by atoms with van der Waals surface area (Å²) in [4.78, 5) is 8.96. The Balaban J connectivity index is 1.78. The van der Waals surface area contributed by atoms with Crippen LogP contribution >= 0.6 is 0 Å². The van der Waals surface area contributed by atoms with E-state index in [1.165, 1.54) is 25.7 Å². The number of aromatic nitrogens is 2. The summed E-state index contributed by atoms with van der Waals surface area (Å²) in [5, 5.41) is 6.82. The molecule has 6 nitrogen and oxygen atoms in total. The molecule has 0 radical (unpaired) electrons. The zero-order valence-electron chi connectivity index (χ0n) is 14.4. The van der Waals surface area contributed by atoms with Crippen molar-refractivity contribution in [2.45, 2.75) is 38.6 Å². The SMILES string of the molecule is COc1ccc(Nc2cc(NC3CCCC3)nc(C)n2)cc1OC. The van der Waals surface area contributed by atoms with E-state index in [0.717, 1.165) is 23.1 Å². The highest BCUT2D eigenvalue weighted by atomic mass is 16.5. The van der Waals surface area contributed by atoms with Gasteiger partial charge < -0.3 is 20.1 Å². The van der Waals surface area contributed by atoms with Gasteiger partial charge in [0.15, 0.2) is 11.5 Å². The molecule has 0 aliphatic heterocycles. The van der Waals surface area contributed by atoms with Crippen molar-refractivity contribution in [3.05, 3.63) is 30.1 Å². The standard InChI is InChI=1S/C18H24N4O2/c1-12-19-17(21-13-6-4-5-7-13)11-18(20-12)22-14-8-9-15(23-2)16(10-14)24-3/h8-11,13H,4-7H2,1-3H3,(H2,19,20,21,22). The van der Waals surface area contributed by atoms with E-state index in [1.807, 2.05) is 31.2 Å². The number of ether oxygens (including phenoxy) is 2. The van der Waals surface area contributed by atoms with Gasteiger partial charge in [0, 0.05) is 23.9 Å². The molecular weight excluding hydrogens is 304 g/mol. The number of methoxy groups -OCH3 is 2. The predicted molar refractivity (Wildman–Crippen MR) is 95.5 cm³/mol. The molecule has 1 aliphatic rings. The topological polar surface area (TPSA) is 68.3 Å². The Kier molecular flexibility index (Phi) is 5.03. The predicted octanol–water partition coefficient (Wildman–Crippen LogP) is 3.90. The summed E-state index contributed by atoms with van der Waals surface area (Å²) in [5.74, 6) is 3.75. The van der Waals surface area contributed by atoms with E-state index in [2.05, 4.69) is 20.6 Å². The highest BCUT2D eigenvalue weighted by molar-refractivity contribution is 5.63. The van der Waals surface area contributed by atoms with Gasteiger partial charge in [-0.05, 0) is 31.9 Å². The van der Waals surface area contributed by atoms with E-state index in [-0.39, 0.29) is 0 Å². The molecule has 1 aromatic heterocycles. The molecule has 0 unspecified atom stereocenters. The van der Waals surface area contributed by atoms with Gasteiger partial charge >= 0.3 is 0 Å². The number of hydrogen-bond acceptors (Lipinski definition) is 6. The maximum absolute atomic E-state index is 5.34. The van der Waals surface area contributed by atoms with E-state index in [1.54, 1.807) is 14.2 Å². The summed E-state index contributed by atoms with van der Waals surface area (Å²) in [7, 11) is 3.25. The Morgan fingerprint density at radius 2 is 1.67 bits per heavy atom. The number of anilines is 3. The van der Waals surface area contributed by atoms with Crippen molar-refractivity contribution in [2.75, 3.05) is 24.9 Å². The molecule has 6 heteroatoms. The first-order valence-electron chi connectivity index (χ1n) is 8.29. The van der Waals surface area contributed by atoms with Gasteiger partial charge in [-0.25, -0.2) is 9.97 Å². The first kappa shape index (κ1) is 16.4. The monoisotopic (exact) mass is 328 g/mol. The van der Waals surface area contributed by atoms with Crippen molar-refractivity contribution in [3.63, 3.8) is 0 Å². The van der Waals surface area contributed by atoms with E-state index in [0.29, 0.717) is 17.5 Å². The highest BCUT2D eigenvalue weighted by Gasteiger charge is 2.15. The van der Waals surface area contributed by atoms with Crippen molar-refractivity contribution in [1.82, 2.24) is 9.97 Å². The lowest BCUT2D eigenvalue weighted by Gasteiger charge is -2.15. The molecule has 0 amide bonds. The largest absolute Gasteiger partial charge is 0.493 e. The molecule has 3 rings (SSSR count). The third kappa shape index (κ3) is 3.88. The van der Waals surface area contributed by atoms with E-state index in [9.17, 15) is 0 Å². The molecule has 0 atom stereocenters. The fourth-order valence-electron chi connectivity index (χ4n) is 3.05. The number of nitrogens with one attached hydrogen (secondary N) is 2. The summed E-state index contributed by atoms with van der Waals surface area (Å²) < 4.78 is 10.6. The molecule has 1 fully saturated rings. The first-order valence-corrected chi connectivity index (χ1v) is 8.29. The van der Waals surface area contributed by atoms with Crippen LogP contribution in [0.5, 0.6) is 11.5 Å². The van der Waals surface area contributed by atoms with Crippen molar-refractivity contribution < 1.29 is 9.47 Å². The summed E-state index contributed by atoms with van der Waals surface area (Å²) in [6, 6.07) is 8.16. The van der Waals surface area contributed by atoms with Gasteiger partial charge in [-0.1, -0.05) is 12.8 Å².